The molecule has 26 N–H and O–H groups in total. The third-order valence-electron chi connectivity index (χ3n) is 9.77. The van der Waals surface area contributed by atoms with Crippen LogP contribution in [0.2, 0.25) is 0 Å². The summed E-state index contributed by atoms with van der Waals surface area (Å²) in [6, 6.07) is -12.6. The van der Waals surface area contributed by atoms with E-state index in [1.54, 1.807) is 0 Å². The summed E-state index contributed by atoms with van der Waals surface area (Å²) >= 11 is 4.11. The molecular formula is C39H70N18O15S. The van der Waals surface area contributed by atoms with E-state index in [1.807, 2.05) is 0 Å². The molecule has 34 heteroatoms. The zero-order valence-electron chi connectivity index (χ0n) is 40.4. The monoisotopic (exact) mass is 1060 g/mol. The molecule has 0 radical (unpaired) electrons. The number of primary amides is 2. The van der Waals surface area contributed by atoms with Crippen LogP contribution in [0, 0.1) is 5.92 Å². The van der Waals surface area contributed by atoms with E-state index in [4.69, 9.17) is 40.1 Å². The van der Waals surface area contributed by atoms with E-state index in [-0.39, 0.29) is 50.0 Å². The zero-order chi connectivity index (χ0) is 56.1. The number of nitrogens with one attached hydrogen (secondary N) is 9. The molecule has 11 amide bonds. The molecule has 0 rings (SSSR count). The number of guanidine groups is 2. The van der Waals surface area contributed by atoms with Gasteiger partial charge in [0, 0.05) is 18.8 Å². The van der Waals surface area contributed by atoms with Crippen molar-refractivity contribution in [3.05, 3.63) is 0 Å². The molecule has 9 atom stereocenters. The van der Waals surface area contributed by atoms with Gasteiger partial charge in [-0.1, -0.05) is 13.8 Å². The number of aliphatic hydroxyl groups is 2. The Balaban J connectivity index is 5.95. The fourth-order valence-corrected chi connectivity index (χ4v) is 6.21. The number of carboxylic acid groups (broad SMARTS) is 1. The van der Waals surface area contributed by atoms with Gasteiger partial charge in [0.15, 0.2) is 18.0 Å². The van der Waals surface area contributed by atoms with Gasteiger partial charge in [0.2, 0.25) is 65.0 Å². The van der Waals surface area contributed by atoms with Gasteiger partial charge in [-0.05, 0) is 38.5 Å². The highest BCUT2D eigenvalue weighted by Gasteiger charge is 2.35. The van der Waals surface area contributed by atoms with Gasteiger partial charge in [-0.3, -0.25) is 62.7 Å². The summed E-state index contributed by atoms with van der Waals surface area (Å²) in [5, 5.41) is 49.1. The molecule has 0 spiro atoms. The fourth-order valence-electron chi connectivity index (χ4n) is 5.95. The van der Waals surface area contributed by atoms with Crippen LogP contribution in [-0.2, 0) is 57.5 Å². The second-order valence-electron chi connectivity index (χ2n) is 16.4. The van der Waals surface area contributed by atoms with Crippen molar-refractivity contribution < 1.29 is 72.9 Å². The summed E-state index contributed by atoms with van der Waals surface area (Å²) in [6.45, 7) is 1.56. The van der Waals surface area contributed by atoms with E-state index in [0.717, 1.165) is 6.92 Å². The van der Waals surface area contributed by atoms with Crippen molar-refractivity contribution in [3.8, 4) is 0 Å². The number of aliphatic hydroxyl groups excluding tert-OH is 2. The topological polar surface area (TPSA) is 581 Å². The van der Waals surface area contributed by atoms with Crippen molar-refractivity contribution in [2.24, 2.45) is 56.0 Å². The number of carbonyl (C=O) groups is 12. The Labute approximate surface area is 423 Å². The number of hydrogen-bond donors (Lipinski definition) is 20. The molecule has 0 aliphatic heterocycles. The molecular weight excluding hydrogens is 993 g/mol. The van der Waals surface area contributed by atoms with Crippen LogP contribution in [0.5, 0.6) is 0 Å². The Bertz CT molecular complexity index is 2020. The van der Waals surface area contributed by atoms with Crippen LogP contribution in [0.4, 0.5) is 0 Å². The average Bonchev–Trinajstić information content (AvgIpc) is 3.29. The third kappa shape index (κ3) is 27.0. The van der Waals surface area contributed by atoms with E-state index >= 15 is 0 Å². The number of nitrogens with two attached hydrogens (primary N) is 7. The van der Waals surface area contributed by atoms with Crippen molar-refractivity contribution in [1.82, 2.24) is 47.9 Å². The Morgan fingerprint density at radius 3 is 1.37 bits per heavy atom. The van der Waals surface area contributed by atoms with Crippen LogP contribution >= 0.6 is 12.6 Å². The smallest absolute Gasteiger partial charge is 0.328 e. The lowest BCUT2D eigenvalue weighted by Gasteiger charge is -2.27. The van der Waals surface area contributed by atoms with Gasteiger partial charge >= 0.3 is 5.97 Å². The number of aliphatic imine (C=N–C) groups is 2. The second-order valence-corrected chi connectivity index (χ2v) is 16.7. The maximum absolute atomic E-state index is 13.5. The largest absolute Gasteiger partial charge is 0.480 e. The minimum absolute atomic E-state index is 0.0278. The first-order chi connectivity index (χ1) is 34.0. The molecule has 0 saturated carbocycles. The number of aliphatic carboxylic acids is 1. The maximum Gasteiger partial charge on any atom is 0.328 e. The van der Waals surface area contributed by atoms with Crippen LogP contribution in [-0.4, -0.2) is 191 Å². The molecule has 0 aromatic rings. The van der Waals surface area contributed by atoms with Crippen molar-refractivity contribution in [2.75, 3.05) is 38.5 Å². The van der Waals surface area contributed by atoms with Gasteiger partial charge in [-0.15, -0.1) is 0 Å². The van der Waals surface area contributed by atoms with Crippen LogP contribution in [0.15, 0.2) is 9.98 Å². The van der Waals surface area contributed by atoms with Crippen molar-refractivity contribution in [3.63, 3.8) is 0 Å². The van der Waals surface area contributed by atoms with Gasteiger partial charge in [0.05, 0.1) is 44.7 Å². The van der Waals surface area contributed by atoms with Gasteiger partial charge < -0.3 is 103 Å². The van der Waals surface area contributed by atoms with Gasteiger partial charge in [0.25, 0.3) is 0 Å². The number of rotatable bonds is 35. The molecule has 412 valence electrons. The van der Waals surface area contributed by atoms with Crippen LogP contribution in [0.3, 0.4) is 0 Å². The summed E-state index contributed by atoms with van der Waals surface area (Å²) in [6.07, 6.45) is -2.94. The molecule has 0 unspecified atom stereocenters. The fraction of sp³-hybridized carbons (Fsp3) is 0.641. The standard InChI is InChI=1S/C39H70N18O15S/c1-16(2)28(36(70)57-29(17(3)59)37(71)72)56-35(69)23(15-73)55-32(66)19(7-5-9-48-39(45)46)51-26(62)13-50-31(65)22(14-58)54-34(68)21(11-25(42)61)53-33(67)20(10-24(41)60)52-27(63)12-49-30(64)18(40)6-4-8-47-38(43)44/h16-23,28-29,58-59,73H,4-15,40H2,1-3H3,(H2,41,60)(H2,42,61)(H,49,64)(H,50,65)(H,51,62)(H,52,63)(H,53,67)(H,54,68)(H,55,66)(H,56,69)(H,57,70)(H,71,72)(H4,43,44,47)(H4,45,46,48)/t17-,18+,19+,20+,21+,22+,23+,28+,29+/m1/s1. The zero-order valence-corrected chi connectivity index (χ0v) is 41.3. The minimum Gasteiger partial charge on any atom is -0.480 e. The first-order valence-electron chi connectivity index (χ1n) is 22.3. The van der Waals surface area contributed by atoms with Crippen molar-refractivity contribution >= 4 is 95.5 Å². The summed E-state index contributed by atoms with van der Waals surface area (Å²) < 4.78 is 0. The molecule has 73 heavy (non-hydrogen) atoms. The van der Waals surface area contributed by atoms with Gasteiger partial charge in [-0.25, -0.2) is 4.79 Å². The van der Waals surface area contributed by atoms with E-state index in [0.29, 0.717) is 6.42 Å². The molecule has 0 aromatic heterocycles. The highest BCUT2D eigenvalue weighted by atomic mass is 32.1. The number of carboxylic acids is 1. The van der Waals surface area contributed by atoms with E-state index in [2.05, 4.69) is 70.5 Å². The van der Waals surface area contributed by atoms with Crippen molar-refractivity contribution in [1.29, 1.82) is 0 Å². The predicted molar refractivity (Wildman–Crippen MR) is 260 cm³/mol. The predicted octanol–water partition coefficient (Wildman–Crippen LogP) is -11.2. The van der Waals surface area contributed by atoms with Crippen LogP contribution in [0.1, 0.15) is 59.3 Å². The maximum atomic E-state index is 13.5. The van der Waals surface area contributed by atoms with E-state index in [1.165, 1.54) is 13.8 Å². The number of thiol groups is 1. The molecule has 0 heterocycles. The summed E-state index contributed by atoms with van der Waals surface area (Å²) in [5.41, 5.74) is 37.5. The number of hydrogen-bond acceptors (Lipinski definition) is 18. The number of carbonyl (C=O) groups excluding carboxylic acids is 11. The SMILES string of the molecule is CC(C)[C@H](NC(=O)[C@H](CS)NC(=O)[C@H](CCCN=C(N)N)NC(=O)CNC(=O)[C@H](CO)NC(=O)[C@H](CC(N)=O)NC(=O)[C@H](CC(N)=O)NC(=O)CNC(=O)[C@@H](N)CCCN=C(N)N)C(=O)N[C@H](C(=O)O)[C@@H](C)O. The second kappa shape index (κ2) is 33.9. The van der Waals surface area contributed by atoms with Crippen LogP contribution < -0.4 is 88.0 Å². The molecule has 0 saturated heterocycles. The normalized spacial score (nSPS) is 14.5. The lowest BCUT2D eigenvalue weighted by molar-refractivity contribution is -0.145. The molecule has 0 aliphatic carbocycles. The lowest BCUT2D eigenvalue weighted by atomic mass is 10.0. The first kappa shape index (κ1) is 65.4. The van der Waals surface area contributed by atoms with Gasteiger partial charge in [-0.2, -0.15) is 12.6 Å². The molecule has 0 fully saturated rings. The Morgan fingerprint density at radius 1 is 0.521 bits per heavy atom. The molecule has 33 nitrogen and oxygen atoms in total. The Hall–Kier alpha value is -7.59. The number of nitrogens with zero attached hydrogens (tertiary/aromatic N) is 2. The summed E-state index contributed by atoms with van der Waals surface area (Å²) in [4.78, 5) is 160. The third-order valence-corrected chi connectivity index (χ3v) is 10.1. The number of amides is 11. The highest BCUT2D eigenvalue weighted by molar-refractivity contribution is 7.80. The average molecular weight is 1060 g/mol. The van der Waals surface area contributed by atoms with E-state index in [9.17, 15) is 72.9 Å². The van der Waals surface area contributed by atoms with Crippen molar-refractivity contribution in [2.45, 2.75) is 114 Å². The highest BCUT2D eigenvalue weighted by Crippen LogP contribution is 2.07. The van der Waals surface area contributed by atoms with Gasteiger partial charge in [0.1, 0.15) is 36.3 Å². The van der Waals surface area contributed by atoms with Crippen LogP contribution in [0.25, 0.3) is 0 Å². The molecule has 0 bridgehead atoms. The first-order valence-corrected chi connectivity index (χ1v) is 22.9. The summed E-state index contributed by atoms with van der Waals surface area (Å²) in [5.74, 6) is -14.7. The quantitative estimate of drug-likeness (QED) is 0.0121. The minimum atomic E-state index is -1.91. The van der Waals surface area contributed by atoms with E-state index < -0.39 is 164 Å². The summed E-state index contributed by atoms with van der Waals surface area (Å²) in [7, 11) is 0. The molecule has 0 aromatic carbocycles. The lowest BCUT2D eigenvalue weighted by Crippen LogP contribution is -2.60. The Morgan fingerprint density at radius 2 is 0.932 bits per heavy atom. The Kier molecular flexibility index (Phi) is 30.4. The molecule has 0 aliphatic rings.